The van der Waals surface area contributed by atoms with Crippen LogP contribution in [0.5, 0.6) is 0 Å². The summed E-state index contributed by atoms with van der Waals surface area (Å²) >= 11 is 2.90. The fourth-order valence-corrected chi connectivity index (χ4v) is 0.555. The van der Waals surface area contributed by atoms with Crippen LogP contribution in [0, 0.1) is 0 Å². The summed E-state index contributed by atoms with van der Waals surface area (Å²) in [7, 11) is 0. The molecule has 0 amide bonds. The first-order valence-electron chi connectivity index (χ1n) is 2.80. The van der Waals surface area contributed by atoms with E-state index in [9.17, 15) is 17.6 Å². The highest BCUT2D eigenvalue weighted by molar-refractivity contribution is 9.09. The Bertz CT molecular complexity index is 109. The number of halogens is 5. The number of ether oxygens (including phenoxy) is 1. The van der Waals surface area contributed by atoms with Crippen LogP contribution in [-0.4, -0.2) is 30.9 Å². The van der Waals surface area contributed by atoms with Crippen molar-refractivity contribution in [2.24, 2.45) is 0 Å². The minimum absolute atomic E-state index is 0.00229. The Morgan fingerprint density at radius 3 is 2.27 bits per heavy atom. The maximum atomic E-state index is 12.0. The molecule has 0 unspecified atom stereocenters. The van der Waals surface area contributed by atoms with Crippen LogP contribution in [0.15, 0.2) is 0 Å². The van der Waals surface area contributed by atoms with Crippen molar-refractivity contribution >= 4 is 15.9 Å². The van der Waals surface area contributed by atoms with Crippen molar-refractivity contribution in [3.63, 3.8) is 0 Å². The third kappa shape index (κ3) is 4.58. The summed E-state index contributed by atoms with van der Waals surface area (Å²) in [6.45, 7) is -1.22. The smallest absolute Gasteiger partial charge is 0.330 e. The van der Waals surface area contributed by atoms with E-state index in [1.54, 1.807) is 0 Å². The van der Waals surface area contributed by atoms with E-state index in [1.165, 1.54) is 0 Å². The van der Waals surface area contributed by atoms with Crippen molar-refractivity contribution < 1.29 is 22.3 Å². The Kier molecular flexibility index (Phi) is 4.99. The molecule has 0 atom stereocenters. The molecule has 0 heterocycles. The van der Waals surface area contributed by atoms with Gasteiger partial charge in [-0.2, -0.15) is 8.78 Å². The zero-order chi connectivity index (χ0) is 8.91. The molecule has 0 aliphatic rings. The minimum Gasteiger partial charge on any atom is -0.374 e. The molecule has 0 aromatic heterocycles. The van der Waals surface area contributed by atoms with Crippen LogP contribution in [0.3, 0.4) is 0 Å². The van der Waals surface area contributed by atoms with Crippen LogP contribution in [0.1, 0.15) is 0 Å². The lowest BCUT2D eigenvalue weighted by molar-refractivity contribution is -0.164. The number of hydrogen-bond acceptors (Lipinski definition) is 1. The summed E-state index contributed by atoms with van der Waals surface area (Å²) in [6, 6.07) is 0. The summed E-state index contributed by atoms with van der Waals surface area (Å²) in [4.78, 5) is 0. The second-order valence-corrected chi connectivity index (χ2v) is 2.60. The van der Waals surface area contributed by atoms with Gasteiger partial charge in [0.1, 0.15) is 6.61 Å². The predicted octanol–water partition coefficient (Wildman–Crippen LogP) is 2.30. The molecule has 0 bridgehead atoms. The molecule has 0 spiro atoms. The summed E-state index contributed by atoms with van der Waals surface area (Å²) in [6.07, 6.45) is -3.65. The number of rotatable bonds is 5. The zero-order valence-electron chi connectivity index (χ0n) is 5.50. The fraction of sp³-hybridized carbons (Fsp3) is 1.00. The van der Waals surface area contributed by atoms with Gasteiger partial charge in [-0.15, -0.1) is 0 Å². The molecule has 0 aliphatic heterocycles. The van der Waals surface area contributed by atoms with E-state index in [-0.39, 0.29) is 6.61 Å². The molecule has 0 saturated heterocycles. The summed E-state index contributed by atoms with van der Waals surface area (Å²) in [5.74, 6) is -4.03. The van der Waals surface area contributed by atoms with Crippen LogP contribution >= 0.6 is 15.9 Å². The van der Waals surface area contributed by atoms with Gasteiger partial charge in [-0.05, 0) is 0 Å². The molecule has 0 radical (unpaired) electrons. The quantitative estimate of drug-likeness (QED) is 0.406. The van der Waals surface area contributed by atoms with Gasteiger partial charge in [0, 0.05) is 5.33 Å². The Labute approximate surface area is 69.8 Å². The molecule has 0 aliphatic carbocycles. The molecule has 0 aromatic rings. The summed E-state index contributed by atoms with van der Waals surface area (Å²) in [5, 5.41) is 0.353. The minimum atomic E-state index is -4.03. The van der Waals surface area contributed by atoms with Crippen molar-refractivity contribution in [2.45, 2.75) is 12.3 Å². The first kappa shape index (κ1) is 11.2. The van der Waals surface area contributed by atoms with Gasteiger partial charge in [-0.3, -0.25) is 0 Å². The highest BCUT2D eigenvalue weighted by Crippen LogP contribution is 2.22. The standard InChI is InChI=1S/C5H7BrF4O/c6-1-2-11-3-5(9,10)4(7)8/h4H,1-3H2. The Morgan fingerprint density at radius 1 is 1.36 bits per heavy atom. The Hall–Kier alpha value is 0.160. The molecule has 0 aromatic carbocycles. The van der Waals surface area contributed by atoms with Gasteiger partial charge in [0.25, 0.3) is 0 Å². The van der Waals surface area contributed by atoms with Crippen LogP contribution in [-0.2, 0) is 4.74 Å². The summed E-state index contributed by atoms with van der Waals surface area (Å²) in [5.41, 5.74) is 0. The summed E-state index contributed by atoms with van der Waals surface area (Å²) < 4.78 is 51.0. The Balaban J connectivity index is 3.55. The highest BCUT2D eigenvalue weighted by Gasteiger charge is 2.40. The predicted molar refractivity (Wildman–Crippen MR) is 35.6 cm³/mol. The van der Waals surface area contributed by atoms with Gasteiger partial charge >= 0.3 is 12.3 Å². The van der Waals surface area contributed by atoms with E-state index in [2.05, 4.69) is 20.7 Å². The number of alkyl halides is 5. The van der Waals surface area contributed by atoms with Crippen molar-refractivity contribution in [1.82, 2.24) is 0 Å². The molecule has 0 fully saturated rings. The van der Waals surface area contributed by atoms with Crippen molar-refractivity contribution in [2.75, 3.05) is 18.5 Å². The van der Waals surface area contributed by atoms with E-state index in [0.717, 1.165) is 0 Å². The van der Waals surface area contributed by atoms with Gasteiger partial charge in [0.2, 0.25) is 0 Å². The van der Waals surface area contributed by atoms with Gasteiger partial charge in [-0.25, -0.2) is 8.78 Å². The lowest BCUT2D eigenvalue weighted by Crippen LogP contribution is -2.32. The molecule has 6 heteroatoms. The second kappa shape index (κ2) is 4.92. The largest absolute Gasteiger partial charge is 0.374 e. The molecule has 0 rings (SSSR count). The average Bonchev–Trinajstić information content (AvgIpc) is 1.88. The van der Waals surface area contributed by atoms with Crippen molar-refractivity contribution in [1.29, 1.82) is 0 Å². The van der Waals surface area contributed by atoms with Crippen LogP contribution in [0.2, 0.25) is 0 Å². The molecule has 0 saturated carbocycles. The maximum Gasteiger partial charge on any atom is 0.330 e. The maximum absolute atomic E-state index is 12.0. The fourth-order valence-electron chi connectivity index (χ4n) is 0.326. The zero-order valence-corrected chi connectivity index (χ0v) is 7.08. The van der Waals surface area contributed by atoms with Crippen molar-refractivity contribution in [3.05, 3.63) is 0 Å². The highest BCUT2D eigenvalue weighted by atomic mass is 79.9. The number of hydrogen-bond donors (Lipinski definition) is 0. The van der Waals surface area contributed by atoms with Gasteiger partial charge in [0.15, 0.2) is 0 Å². The lowest BCUT2D eigenvalue weighted by atomic mass is 10.4. The van der Waals surface area contributed by atoms with Crippen LogP contribution in [0.25, 0.3) is 0 Å². The monoisotopic (exact) mass is 238 g/mol. The van der Waals surface area contributed by atoms with E-state index in [1.807, 2.05) is 0 Å². The topological polar surface area (TPSA) is 9.23 Å². The first-order chi connectivity index (χ1) is 5.00. The normalized spacial score (nSPS) is 12.5. The van der Waals surface area contributed by atoms with Crippen LogP contribution in [0.4, 0.5) is 17.6 Å². The van der Waals surface area contributed by atoms with E-state index < -0.39 is 19.0 Å². The van der Waals surface area contributed by atoms with E-state index >= 15 is 0 Å². The average molecular weight is 239 g/mol. The van der Waals surface area contributed by atoms with Crippen molar-refractivity contribution in [3.8, 4) is 0 Å². The van der Waals surface area contributed by atoms with Crippen LogP contribution < -0.4 is 0 Å². The third-order valence-corrected chi connectivity index (χ3v) is 1.16. The molecule has 68 valence electrons. The molecular weight excluding hydrogens is 232 g/mol. The van der Waals surface area contributed by atoms with Gasteiger partial charge in [0.05, 0.1) is 6.61 Å². The van der Waals surface area contributed by atoms with E-state index in [4.69, 9.17) is 0 Å². The van der Waals surface area contributed by atoms with Gasteiger partial charge in [-0.1, -0.05) is 15.9 Å². The SMILES string of the molecule is FC(F)C(F)(F)COCCBr. The Morgan fingerprint density at radius 2 is 1.91 bits per heavy atom. The van der Waals surface area contributed by atoms with E-state index in [0.29, 0.717) is 5.33 Å². The molecule has 1 nitrogen and oxygen atoms in total. The third-order valence-electron chi connectivity index (χ3n) is 0.835. The molecule has 11 heavy (non-hydrogen) atoms. The lowest BCUT2D eigenvalue weighted by Gasteiger charge is -2.14. The second-order valence-electron chi connectivity index (χ2n) is 1.80. The van der Waals surface area contributed by atoms with Gasteiger partial charge < -0.3 is 4.74 Å². The molecule has 0 N–H and O–H groups in total. The first-order valence-corrected chi connectivity index (χ1v) is 3.92. The molecular formula is C5H7BrF4O.